The maximum atomic E-state index is 10.5. The molecular formula is C11H14N2O2. The molecule has 0 bridgehead atoms. The van der Waals surface area contributed by atoms with E-state index in [2.05, 4.69) is 5.32 Å². The van der Waals surface area contributed by atoms with Gasteiger partial charge < -0.3 is 5.32 Å². The highest BCUT2D eigenvalue weighted by molar-refractivity contribution is 5.34. The molecule has 0 amide bonds. The van der Waals surface area contributed by atoms with E-state index in [1.807, 2.05) is 25.1 Å². The van der Waals surface area contributed by atoms with Crippen molar-refractivity contribution in [1.82, 2.24) is 5.32 Å². The summed E-state index contributed by atoms with van der Waals surface area (Å²) in [4.78, 5) is 10.1. The molecule has 0 aliphatic rings. The normalized spacial score (nSPS) is 10.7. The van der Waals surface area contributed by atoms with Gasteiger partial charge in [-0.25, -0.2) is 0 Å². The molecule has 4 nitrogen and oxygen atoms in total. The SMILES string of the molecule is C/C=C/CNCc1cccc([N+](=O)[O-])c1. The quantitative estimate of drug-likeness (QED) is 0.348. The molecule has 80 valence electrons. The zero-order valence-electron chi connectivity index (χ0n) is 8.64. The fraction of sp³-hybridized carbons (Fsp3) is 0.273. The average Bonchev–Trinajstić information content (AvgIpc) is 2.25. The number of non-ortho nitro benzene ring substituents is 1. The van der Waals surface area contributed by atoms with Gasteiger partial charge in [0.2, 0.25) is 0 Å². The van der Waals surface area contributed by atoms with Crippen molar-refractivity contribution in [3.8, 4) is 0 Å². The Bertz CT molecular complexity index is 361. The van der Waals surface area contributed by atoms with Crippen molar-refractivity contribution in [2.75, 3.05) is 6.54 Å². The Balaban J connectivity index is 2.54. The van der Waals surface area contributed by atoms with Crippen LogP contribution >= 0.6 is 0 Å². The highest BCUT2D eigenvalue weighted by Crippen LogP contribution is 2.12. The van der Waals surface area contributed by atoms with Crippen molar-refractivity contribution >= 4 is 5.69 Å². The molecule has 4 heteroatoms. The monoisotopic (exact) mass is 206 g/mol. The largest absolute Gasteiger partial charge is 0.309 e. The topological polar surface area (TPSA) is 55.2 Å². The first kappa shape index (κ1) is 11.4. The van der Waals surface area contributed by atoms with E-state index < -0.39 is 0 Å². The molecule has 1 rings (SSSR count). The number of nitrogens with one attached hydrogen (secondary N) is 1. The lowest BCUT2D eigenvalue weighted by Gasteiger charge is -2.01. The van der Waals surface area contributed by atoms with E-state index in [0.29, 0.717) is 6.54 Å². The van der Waals surface area contributed by atoms with E-state index >= 15 is 0 Å². The van der Waals surface area contributed by atoms with Gasteiger partial charge in [-0.2, -0.15) is 0 Å². The van der Waals surface area contributed by atoms with Crippen LogP contribution < -0.4 is 5.32 Å². The predicted molar refractivity (Wildman–Crippen MR) is 59.6 cm³/mol. The first-order chi connectivity index (χ1) is 7.24. The summed E-state index contributed by atoms with van der Waals surface area (Å²) in [7, 11) is 0. The minimum atomic E-state index is -0.380. The number of hydrogen-bond acceptors (Lipinski definition) is 3. The van der Waals surface area contributed by atoms with Gasteiger partial charge in [-0.05, 0) is 12.5 Å². The van der Waals surface area contributed by atoms with Crippen molar-refractivity contribution in [2.24, 2.45) is 0 Å². The fourth-order valence-corrected chi connectivity index (χ4v) is 1.20. The Morgan fingerprint density at radius 1 is 1.53 bits per heavy atom. The van der Waals surface area contributed by atoms with E-state index in [9.17, 15) is 10.1 Å². The number of hydrogen-bond donors (Lipinski definition) is 1. The molecule has 0 fully saturated rings. The van der Waals surface area contributed by atoms with Crippen molar-refractivity contribution in [3.63, 3.8) is 0 Å². The lowest BCUT2D eigenvalue weighted by atomic mass is 10.2. The van der Waals surface area contributed by atoms with Gasteiger partial charge in [-0.3, -0.25) is 10.1 Å². The lowest BCUT2D eigenvalue weighted by molar-refractivity contribution is -0.384. The van der Waals surface area contributed by atoms with Crippen LogP contribution in [0.1, 0.15) is 12.5 Å². The molecule has 0 heterocycles. The molecule has 1 aromatic rings. The summed E-state index contributed by atoms with van der Waals surface area (Å²) in [5, 5.41) is 13.7. The number of nitro groups is 1. The third-order valence-electron chi connectivity index (χ3n) is 1.95. The van der Waals surface area contributed by atoms with Crippen LogP contribution in [0.2, 0.25) is 0 Å². The van der Waals surface area contributed by atoms with Crippen LogP contribution in [-0.2, 0) is 6.54 Å². The van der Waals surface area contributed by atoms with Gasteiger partial charge in [0, 0.05) is 25.2 Å². The van der Waals surface area contributed by atoms with Gasteiger partial charge in [0.15, 0.2) is 0 Å². The number of benzene rings is 1. The van der Waals surface area contributed by atoms with Gasteiger partial charge in [0.05, 0.1) is 4.92 Å². The Kier molecular flexibility index (Phi) is 4.50. The second-order valence-corrected chi connectivity index (χ2v) is 3.13. The number of nitrogens with zero attached hydrogens (tertiary/aromatic N) is 1. The Hall–Kier alpha value is -1.68. The molecule has 0 saturated heterocycles. The van der Waals surface area contributed by atoms with E-state index in [0.717, 1.165) is 12.1 Å². The second-order valence-electron chi connectivity index (χ2n) is 3.13. The maximum Gasteiger partial charge on any atom is 0.269 e. The summed E-state index contributed by atoms with van der Waals surface area (Å²) in [6, 6.07) is 6.65. The van der Waals surface area contributed by atoms with Gasteiger partial charge >= 0.3 is 0 Å². The van der Waals surface area contributed by atoms with E-state index in [-0.39, 0.29) is 10.6 Å². The van der Waals surface area contributed by atoms with Gasteiger partial charge in [-0.1, -0.05) is 24.3 Å². The summed E-state index contributed by atoms with van der Waals surface area (Å²) in [5.74, 6) is 0. The summed E-state index contributed by atoms with van der Waals surface area (Å²) >= 11 is 0. The molecule has 0 atom stereocenters. The van der Waals surface area contributed by atoms with Crippen LogP contribution in [0.15, 0.2) is 36.4 Å². The average molecular weight is 206 g/mol. The third-order valence-corrected chi connectivity index (χ3v) is 1.95. The maximum absolute atomic E-state index is 10.5. The summed E-state index contributed by atoms with van der Waals surface area (Å²) in [6.07, 6.45) is 3.96. The molecule has 1 aromatic carbocycles. The van der Waals surface area contributed by atoms with E-state index in [1.165, 1.54) is 6.07 Å². The second kappa shape index (κ2) is 5.93. The summed E-state index contributed by atoms with van der Waals surface area (Å²) in [6.45, 7) is 3.38. The molecule has 0 saturated carbocycles. The van der Waals surface area contributed by atoms with Crippen LogP contribution in [0.5, 0.6) is 0 Å². The van der Waals surface area contributed by atoms with Gasteiger partial charge in [0.25, 0.3) is 5.69 Å². The Morgan fingerprint density at radius 2 is 2.33 bits per heavy atom. The standard InChI is InChI=1S/C11H14N2O2/c1-2-3-7-12-9-10-5-4-6-11(8-10)13(14)15/h2-6,8,12H,7,9H2,1H3/b3-2+. The molecule has 0 radical (unpaired) electrons. The highest BCUT2D eigenvalue weighted by atomic mass is 16.6. The number of nitro benzene ring substituents is 1. The van der Waals surface area contributed by atoms with E-state index in [4.69, 9.17) is 0 Å². The van der Waals surface area contributed by atoms with Gasteiger partial charge in [0.1, 0.15) is 0 Å². The smallest absolute Gasteiger partial charge is 0.269 e. The van der Waals surface area contributed by atoms with Crippen LogP contribution in [0.4, 0.5) is 5.69 Å². The molecule has 0 aromatic heterocycles. The van der Waals surface area contributed by atoms with Crippen LogP contribution in [0.25, 0.3) is 0 Å². The molecule has 1 N–H and O–H groups in total. The van der Waals surface area contributed by atoms with Crippen LogP contribution in [0.3, 0.4) is 0 Å². The third kappa shape index (κ3) is 3.91. The highest BCUT2D eigenvalue weighted by Gasteiger charge is 2.04. The predicted octanol–water partition coefficient (Wildman–Crippen LogP) is 2.26. The van der Waals surface area contributed by atoms with Crippen molar-refractivity contribution < 1.29 is 4.92 Å². The molecule has 0 unspecified atom stereocenters. The lowest BCUT2D eigenvalue weighted by Crippen LogP contribution is -2.12. The van der Waals surface area contributed by atoms with Crippen LogP contribution in [-0.4, -0.2) is 11.5 Å². The van der Waals surface area contributed by atoms with Gasteiger partial charge in [-0.15, -0.1) is 0 Å². The molecule has 15 heavy (non-hydrogen) atoms. The summed E-state index contributed by atoms with van der Waals surface area (Å²) < 4.78 is 0. The zero-order chi connectivity index (χ0) is 11.1. The minimum absolute atomic E-state index is 0.139. The Morgan fingerprint density at radius 3 is 3.00 bits per heavy atom. The van der Waals surface area contributed by atoms with Crippen molar-refractivity contribution in [1.29, 1.82) is 0 Å². The zero-order valence-corrected chi connectivity index (χ0v) is 8.64. The number of allylic oxidation sites excluding steroid dienone is 1. The number of rotatable bonds is 5. The fourth-order valence-electron chi connectivity index (χ4n) is 1.20. The minimum Gasteiger partial charge on any atom is -0.309 e. The van der Waals surface area contributed by atoms with E-state index in [1.54, 1.807) is 12.1 Å². The van der Waals surface area contributed by atoms with Crippen molar-refractivity contribution in [3.05, 3.63) is 52.1 Å². The summed E-state index contributed by atoms with van der Waals surface area (Å²) in [5.41, 5.74) is 1.06. The Labute approximate surface area is 88.8 Å². The van der Waals surface area contributed by atoms with Crippen molar-refractivity contribution in [2.45, 2.75) is 13.5 Å². The first-order valence-electron chi connectivity index (χ1n) is 4.79. The molecular weight excluding hydrogens is 192 g/mol. The van der Waals surface area contributed by atoms with Crippen LogP contribution in [0, 0.1) is 10.1 Å². The molecule has 0 aliphatic carbocycles. The first-order valence-corrected chi connectivity index (χ1v) is 4.79. The molecule has 0 spiro atoms. The molecule has 0 aliphatic heterocycles.